The van der Waals surface area contributed by atoms with Crippen molar-refractivity contribution in [1.29, 1.82) is 0 Å². The minimum absolute atomic E-state index is 0. The van der Waals surface area contributed by atoms with E-state index in [0.717, 1.165) is 12.1 Å². The van der Waals surface area contributed by atoms with E-state index in [4.69, 9.17) is 5.73 Å². The highest BCUT2D eigenvalue weighted by atomic mass is 35.5. The molecule has 7 heteroatoms. The maximum absolute atomic E-state index is 13.2. The number of carbonyl (C=O) groups excluding carboxylic acids is 2. The molecule has 0 spiro atoms. The van der Waals surface area contributed by atoms with E-state index in [-0.39, 0.29) is 36.2 Å². The number of carbonyl (C=O) groups is 2. The van der Waals surface area contributed by atoms with Crippen molar-refractivity contribution in [2.45, 2.75) is 12.3 Å². The number of halogens is 1. The number of nitrogens with two attached hydrogens (primary N) is 1. The van der Waals surface area contributed by atoms with Crippen LogP contribution in [0.15, 0.2) is 54.6 Å². The van der Waals surface area contributed by atoms with E-state index in [1.807, 2.05) is 47.4 Å². The average Bonchev–Trinajstić information content (AvgIpc) is 3.19. The highest BCUT2D eigenvalue weighted by Crippen LogP contribution is 2.33. The lowest BCUT2D eigenvalue weighted by molar-refractivity contribution is 0.0786. The van der Waals surface area contributed by atoms with Crippen molar-refractivity contribution in [2.24, 2.45) is 11.7 Å². The van der Waals surface area contributed by atoms with Crippen molar-refractivity contribution in [3.8, 4) is 0 Å². The Labute approximate surface area is 177 Å². The SMILES string of the molecule is Cl.NC[C@@H]1CN(C(=O)c2cccc(N3CCCNC3=O)c2)C[C@H]1c1ccccc1. The Morgan fingerprint density at radius 2 is 1.90 bits per heavy atom. The molecule has 4 rings (SSSR count). The average molecular weight is 415 g/mol. The first-order valence-corrected chi connectivity index (χ1v) is 9.87. The first-order chi connectivity index (χ1) is 13.7. The van der Waals surface area contributed by atoms with Crippen LogP contribution in [0, 0.1) is 5.92 Å². The fourth-order valence-corrected chi connectivity index (χ4v) is 4.22. The van der Waals surface area contributed by atoms with E-state index in [9.17, 15) is 9.59 Å². The molecule has 3 amide bonds. The molecule has 2 aromatic rings. The number of amides is 3. The summed E-state index contributed by atoms with van der Waals surface area (Å²) in [5.74, 6) is 0.504. The van der Waals surface area contributed by atoms with Gasteiger partial charge in [-0.25, -0.2) is 4.79 Å². The molecule has 154 valence electrons. The molecule has 2 atom stereocenters. The highest BCUT2D eigenvalue weighted by molar-refractivity contribution is 5.98. The van der Waals surface area contributed by atoms with Crippen molar-refractivity contribution in [3.63, 3.8) is 0 Å². The van der Waals surface area contributed by atoms with Crippen LogP contribution in [0.25, 0.3) is 0 Å². The zero-order valence-electron chi connectivity index (χ0n) is 16.3. The predicted molar refractivity (Wildman–Crippen MR) is 117 cm³/mol. The second-order valence-corrected chi connectivity index (χ2v) is 7.51. The van der Waals surface area contributed by atoms with Crippen molar-refractivity contribution in [2.75, 3.05) is 37.6 Å². The lowest BCUT2D eigenvalue weighted by Crippen LogP contribution is -2.46. The Bertz CT molecular complexity index is 861. The Hall–Kier alpha value is -2.57. The zero-order valence-corrected chi connectivity index (χ0v) is 17.1. The smallest absolute Gasteiger partial charge is 0.321 e. The highest BCUT2D eigenvalue weighted by Gasteiger charge is 2.35. The van der Waals surface area contributed by atoms with Crippen LogP contribution in [0.5, 0.6) is 0 Å². The molecule has 2 saturated heterocycles. The van der Waals surface area contributed by atoms with E-state index < -0.39 is 0 Å². The van der Waals surface area contributed by atoms with Crippen molar-refractivity contribution < 1.29 is 9.59 Å². The molecule has 0 bridgehead atoms. The molecule has 0 unspecified atom stereocenters. The van der Waals surface area contributed by atoms with E-state index in [1.165, 1.54) is 5.56 Å². The molecule has 6 nitrogen and oxygen atoms in total. The summed E-state index contributed by atoms with van der Waals surface area (Å²) in [6.07, 6.45) is 0.896. The molecule has 0 aliphatic carbocycles. The molecule has 2 fully saturated rings. The predicted octanol–water partition coefficient (Wildman–Crippen LogP) is 2.84. The number of hydrogen-bond acceptors (Lipinski definition) is 3. The molecular weight excluding hydrogens is 388 g/mol. The Balaban J connectivity index is 0.00000240. The fourth-order valence-electron chi connectivity index (χ4n) is 4.22. The normalized spacial score (nSPS) is 21.5. The molecule has 2 aromatic carbocycles. The van der Waals surface area contributed by atoms with E-state index in [2.05, 4.69) is 17.4 Å². The van der Waals surface area contributed by atoms with Crippen molar-refractivity contribution >= 4 is 30.0 Å². The molecule has 2 aliphatic heterocycles. The minimum Gasteiger partial charge on any atom is -0.338 e. The van der Waals surface area contributed by atoms with Crippen LogP contribution in [0.2, 0.25) is 0 Å². The van der Waals surface area contributed by atoms with E-state index >= 15 is 0 Å². The van der Waals surface area contributed by atoms with Crippen LogP contribution in [0.4, 0.5) is 10.5 Å². The van der Waals surface area contributed by atoms with Crippen LogP contribution in [-0.2, 0) is 0 Å². The maximum Gasteiger partial charge on any atom is 0.321 e. The number of rotatable bonds is 4. The Morgan fingerprint density at radius 1 is 1.10 bits per heavy atom. The van der Waals surface area contributed by atoms with Gasteiger partial charge in [-0.05, 0) is 42.6 Å². The van der Waals surface area contributed by atoms with Crippen LogP contribution < -0.4 is 16.0 Å². The monoisotopic (exact) mass is 414 g/mol. The van der Waals surface area contributed by atoms with Crippen LogP contribution in [0.3, 0.4) is 0 Å². The first-order valence-electron chi connectivity index (χ1n) is 9.87. The number of nitrogens with one attached hydrogen (secondary N) is 1. The lowest BCUT2D eigenvalue weighted by atomic mass is 9.89. The summed E-state index contributed by atoms with van der Waals surface area (Å²) in [5, 5.41) is 2.85. The summed E-state index contributed by atoms with van der Waals surface area (Å²) < 4.78 is 0. The summed E-state index contributed by atoms with van der Waals surface area (Å²) in [6.45, 7) is 3.24. The summed E-state index contributed by atoms with van der Waals surface area (Å²) in [7, 11) is 0. The quantitative estimate of drug-likeness (QED) is 0.807. The Kier molecular flexibility index (Phi) is 6.77. The maximum atomic E-state index is 13.2. The summed E-state index contributed by atoms with van der Waals surface area (Å²) in [5.41, 5.74) is 8.61. The molecule has 0 aromatic heterocycles. The van der Waals surface area contributed by atoms with Crippen molar-refractivity contribution in [1.82, 2.24) is 10.2 Å². The van der Waals surface area contributed by atoms with E-state index in [0.29, 0.717) is 38.3 Å². The van der Waals surface area contributed by atoms with Gasteiger partial charge >= 0.3 is 6.03 Å². The standard InChI is InChI=1S/C22H26N4O2.ClH/c23-13-18-14-25(15-20(18)16-6-2-1-3-7-16)21(27)17-8-4-9-19(12-17)26-11-5-10-24-22(26)28;/h1-4,6-9,12,18,20H,5,10-11,13-15,23H2,(H,24,28);1H/t18-,20+;/m1./s1. The Morgan fingerprint density at radius 3 is 2.62 bits per heavy atom. The van der Waals surface area contributed by atoms with Gasteiger partial charge in [0, 0.05) is 43.3 Å². The molecule has 0 saturated carbocycles. The van der Waals surface area contributed by atoms with Gasteiger partial charge < -0.3 is 16.0 Å². The van der Waals surface area contributed by atoms with Gasteiger partial charge in [0.25, 0.3) is 5.91 Å². The number of nitrogens with zero attached hydrogens (tertiary/aromatic N) is 2. The molecule has 2 heterocycles. The third-order valence-corrected chi connectivity index (χ3v) is 5.74. The van der Waals surface area contributed by atoms with Crippen LogP contribution in [0.1, 0.15) is 28.3 Å². The first kappa shape index (κ1) is 21.1. The third kappa shape index (κ3) is 4.38. The number of benzene rings is 2. The lowest BCUT2D eigenvalue weighted by Gasteiger charge is -2.28. The van der Waals surface area contributed by atoms with Gasteiger partial charge in [0.05, 0.1) is 0 Å². The third-order valence-electron chi connectivity index (χ3n) is 5.74. The summed E-state index contributed by atoms with van der Waals surface area (Å²) in [4.78, 5) is 28.9. The second kappa shape index (κ2) is 9.29. The van der Waals surface area contributed by atoms with Gasteiger partial charge in [-0.15, -0.1) is 12.4 Å². The number of anilines is 1. The number of likely N-dealkylation sites (tertiary alicyclic amines) is 1. The van der Waals surface area contributed by atoms with Gasteiger partial charge in [0.2, 0.25) is 0 Å². The zero-order chi connectivity index (χ0) is 19.5. The molecule has 29 heavy (non-hydrogen) atoms. The van der Waals surface area contributed by atoms with E-state index in [1.54, 1.807) is 4.90 Å². The molecule has 2 aliphatic rings. The van der Waals surface area contributed by atoms with Gasteiger partial charge in [-0.3, -0.25) is 9.69 Å². The van der Waals surface area contributed by atoms with Gasteiger partial charge in [0.15, 0.2) is 0 Å². The molecule has 3 N–H and O–H groups in total. The minimum atomic E-state index is -0.107. The van der Waals surface area contributed by atoms with Crippen molar-refractivity contribution in [3.05, 3.63) is 65.7 Å². The fraction of sp³-hybridized carbons (Fsp3) is 0.364. The number of urea groups is 1. The van der Waals surface area contributed by atoms with Crippen LogP contribution in [-0.4, -0.2) is 49.6 Å². The largest absolute Gasteiger partial charge is 0.338 e. The molecular formula is C22H27ClN4O2. The topological polar surface area (TPSA) is 78.7 Å². The second-order valence-electron chi connectivity index (χ2n) is 7.51. The van der Waals surface area contributed by atoms with Gasteiger partial charge in [0.1, 0.15) is 0 Å². The summed E-state index contributed by atoms with van der Waals surface area (Å²) in [6, 6.07) is 17.5. The van der Waals surface area contributed by atoms with Gasteiger partial charge in [-0.2, -0.15) is 0 Å². The van der Waals surface area contributed by atoms with Crippen LogP contribution >= 0.6 is 12.4 Å². The molecule has 0 radical (unpaired) electrons. The number of hydrogen-bond donors (Lipinski definition) is 2. The summed E-state index contributed by atoms with van der Waals surface area (Å²) >= 11 is 0. The van der Waals surface area contributed by atoms with Gasteiger partial charge in [-0.1, -0.05) is 36.4 Å².